The fraction of sp³-hybridized carbons (Fsp3) is 0.500. The van der Waals surface area contributed by atoms with Crippen LogP contribution in [0.25, 0.3) is 11.1 Å². The van der Waals surface area contributed by atoms with Gasteiger partial charge in [-0.1, -0.05) is 12.8 Å². The Morgan fingerprint density at radius 2 is 2.04 bits per heavy atom. The SMILES string of the molecule is CN(C(=O)c1ccc2[nH]c(=S)oc2c1)[C@@H]1CCCC[C@H]1S(C)(=O)=O. The molecular weight excluding hydrogens is 348 g/mol. The van der Waals surface area contributed by atoms with E-state index in [2.05, 4.69) is 4.98 Å². The Labute approximate surface area is 145 Å². The number of sulfone groups is 1. The second kappa shape index (κ2) is 6.33. The van der Waals surface area contributed by atoms with Gasteiger partial charge in [-0.3, -0.25) is 4.79 Å². The van der Waals surface area contributed by atoms with Gasteiger partial charge in [0, 0.05) is 24.9 Å². The molecule has 1 aromatic carbocycles. The zero-order valence-corrected chi connectivity index (χ0v) is 15.2. The second-order valence-electron chi connectivity index (χ2n) is 6.36. The number of oxazole rings is 1. The van der Waals surface area contributed by atoms with Gasteiger partial charge in [-0.05, 0) is 43.3 Å². The van der Waals surface area contributed by atoms with E-state index in [9.17, 15) is 13.2 Å². The molecule has 0 bridgehead atoms. The van der Waals surface area contributed by atoms with Gasteiger partial charge in [0.25, 0.3) is 10.7 Å². The van der Waals surface area contributed by atoms with E-state index >= 15 is 0 Å². The van der Waals surface area contributed by atoms with Gasteiger partial charge in [0.05, 0.1) is 10.8 Å². The Morgan fingerprint density at radius 1 is 1.33 bits per heavy atom. The highest BCUT2D eigenvalue weighted by Crippen LogP contribution is 2.28. The Morgan fingerprint density at radius 3 is 2.75 bits per heavy atom. The van der Waals surface area contributed by atoms with Crippen LogP contribution in [0.5, 0.6) is 0 Å². The first-order chi connectivity index (χ1) is 11.3. The predicted molar refractivity (Wildman–Crippen MR) is 94.4 cm³/mol. The Bertz CT molecular complexity index is 929. The van der Waals surface area contributed by atoms with Crippen molar-refractivity contribution < 1.29 is 17.6 Å². The second-order valence-corrected chi connectivity index (χ2v) is 9.00. The van der Waals surface area contributed by atoms with Crippen molar-refractivity contribution in [3.63, 3.8) is 0 Å². The maximum absolute atomic E-state index is 12.8. The van der Waals surface area contributed by atoms with Crippen molar-refractivity contribution in [2.24, 2.45) is 0 Å². The average molecular weight is 368 g/mol. The standard InChI is InChI=1S/C16H20N2O4S2/c1-18(12-5-3-4-6-14(12)24(2,20)21)15(19)10-7-8-11-13(9-10)22-16(23)17-11/h7-9,12,14H,3-6H2,1-2H3,(H,17,23)/t12-,14-/m1/s1. The summed E-state index contributed by atoms with van der Waals surface area (Å²) in [6.07, 6.45) is 4.37. The summed E-state index contributed by atoms with van der Waals surface area (Å²) in [5, 5.41) is -0.500. The highest BCUT2D eigenvalue weighted by atomic mass is 32.2. The molecule has 3 rings (SSSR count). The summed E-state index contributed by atoms with van der Waals surface area (Å²) in [6, 6.07) is 4.78. The summed E-state index contributed by atoms with van der Waals surface area (Å²) < 4.78 is 29.5. The molecule has 1 fully saturated rings. The topological polar surface area (TPSA) is 83.4 Å². The molecule has 1 aromatic heterocycles. The summed E-state index contributed by atoms with van der Waals surface area (Å²) in [5.74, 6) is -0.209. The molecule has 8 heteroatoms. The zero-order valence-electron chi connectivity index (χ0n) is 13.6. The Hall–Kier alpha value is -1.67. The first kappa shape index (κ1) is 17.2. The maximum atomic E-state index is 12.8. The zero-order chi connectivity index (χ0) is 17.5. The van der Waals surface area contributed by atoms with Crippen LogP contribution in [0.2, 0.25) is 0 Å². The van der Waals surface area contributed by atoms with Gasteiger partial charge in [-0.25, -0.2) is 8.42 Å². The lowest BCUT2D eigenvalue weighted by Crippen LogP contribution is -2.49. The first-order valence-electron chi connectivity index (χ1n) is 7.86. The van der Waals surface area contributed by atoms with Gasteiger partial charge in [0.2, 0.25) is 0 Å². The number of nitrogens with zero attached hydrogens (tertiary/aromatic N) is 1. The molecular formula is C16H20N2O4S2. The number of aromatic amines is 1. The third-order valence-corrected chi connectivity index (χ3v) is 6.54. The summed E-state index contributed by atoms with van der Waals surface area (Å²) in [6.45, 7) is 0. The van der Waals surface area contributed by atoms with Gasteiger partial charge >= 0.3 is 0 Å². The van der Waals surface area contributed by atoms with Gasteiger partial charge in [0.15, 0.2) is 15.4 Å². The highest BCUT2D eigenvalue weighted by molar-refractivity contribution is 7.91. The quantitative estimate of drug-likeness (QED) is 0.842. The molecule has 2 atom stereocenters. The minimum atomic E-state index is -3.20. The first-order valence-corrected chi connectivity index (χ1v) is 10.2. The molecule has 1 amide bonds. The number of carbonyl (C=O) groups is 1. The third-order valence-electron chi connectivity index (χ3n) is 4.70. The number of benzene rings is 1. The van der Waals surface area contributed by atoms with Crippen LogP contribution in [-0.2, 0) is 9.84 Å². The van der Waals surface area contributed by atoms with Crippen molar-refractivity contribution in [3.8, 4) is 0 Å². The molecule has 0 radical (unpaired) electrons. The van der Waals surface area contributed by atoms with Crippen LogP contribution in [0.15, 0.2) is 22.6 Å². The fourth-order valence-corrected chi connectivity index (χ4v) is 5.14. The van der Waals surface area contributed by atoms with Crippen molar-refractivity contribution in [1.82, 2.24) is 9.88 Å². The summed E-state index contributed by atoms with van der Waals surface area (Å²) in [4.78, 5) is 17.5. The normalized spacial score (nSPS) is 21.8. The number of hydrogen-bond acceptors (Lipinski definition) is 5. The van der Waals surface area contributed by atoms with Gasteiger partial charge in [-0.2, -0.15) is 0 Å². The van der Waals surface area contributed by atoms with E-state index in [4.69, 9.17) is 16.6 Å². The molecule has 0 saturated heterocycles. The fourth-order valence-electron chi connectivity index (χ4n) is 3.45. The van der Waals surface area contributed by atoms with Crippen LogP contribution < -0.4 is 0 Å². The lowest BCUT2D eigenvalue weighted by atomic mass is 9.93. The van der Waals surface area contributed by atoms with Crippen molar-refractivity contribution in [2.45, 2.75) is 37.0 Å². The van der Waals surface area contributed by atoms with Crippen LogP contribution in [0.1, 0.15) is 36.0 Å². The van der Waals surface area contributed by atoms with E-state index in [0.717, 1.165) is 18.4 Å². The number of hydrogen-bond donors (Lipinski definition) is 1. The van der Waals surface area contributed by atoms with Gasteiger partial charge < -0.3 is 14.3 Å². The number of carbonyl (C=O) groups excluding carboxylic acids is 1. The number of H-pyrrole nitrogens is 1. The maximum Gasteiger partial charge on any atom is 0.266 e. The molecule has 2 aromatic rings. The molecule has 1 aliphatic carbocycles. The Balaban J connectivity index is 1.90. The van der Waals surface area contributed by atoms with Crippen molar-refractivity contribution in [2.75, 3.05) is 13.3 Å². The minimum absolute atomic E-state index is 0.209. The predicted octanol–water partition coefficient (Wildman–Crippen LogP) is 2.92. The molecule has 6 nitrogen and oxygen atoms in total. The van der Waals surface area contributed by atoms with E-state index in [1.165, 1.54) is 6.26 Å². The van der Waals surface area contributed by atoms with E-state index in [0.29, 0.717) is 24.0 Å². The number of aromatic nitrogens is 1. The summed E-state index contributed by atoms with van der Waals surface area (Å²) >= 11 is 4.95. The molecule has 1 heterocycles. The van der Waals surface area contributed by atoms with Crippen LogP contribution in [-0.4, -0.2) is 48.8 Å². The number of rotatable bonds is 3. The van der Waals surface area contributed by atoms with E-state index < -0.39 is 15.1 Å². The number of amides is 1. The van der Waals surface area contributed by atoms with Crippen LogP contribution >= 0.6 is 12.2 Å². The number of nitrogens with one attached hydrogen (secondary N) is 1. The lowest BCUT2D eigenvalue weighted by molar-refractivity contribution is 0.0700. The smallest absolute Gasteiger partial charge is 0.266 e. The highest BCUT2D eigenvalue weighted by Gasteiger charge is 2.37. The Kier molecular flexibility index (Phi) is 4.52. The molecule has 130 valence electrons. The molecule has 24 heavy (non-hydrogen) atoms. The third kappa shape index (κ3) is 3.25. The van der Waals surface area contributed by atoms with Crippen molar-refractivity contribution in [3.05, 3.63) is 28.6 Å². The molecule has 0 spiro atoms. The van der Waals surface area contributed by atoms with Gasteiger partial charge in [0.1, 0.15) is 0 Å². The average Bonchev–Trinajstić information content (AvgIpc) is 2.91. The molecule has 1 N–H and O–H groups in total. The molecule has 1 saturated carbocycles. The number of fused-ring (bicyclic) bond motifs is 1. The van der Waals surface area contributed by atoms with E-state index in [-0.39, 0.29) is 16.8 Å². The van der Waals surface area contributed by atoms with Crippen molar-refractivity contribution >= 4 is 39.1 Å². The van der Waals surface area contributed by atoms with Crippen LogP contribution in [0, 0.1) is 4.84 Å². The monoisotopic (exact) mass is 368 g/mol. The summed E-state index contributed by atoms with van der Waals surface area (Å²) in [7, 11) is -1.52. The van der Waals surface area contributed by atoms with Crippen molar-refractivity contribution in [1.29, 1.82) is 0 Å². The summed E-state index contributed by atoms with van der Waals surface area (Å²) in [5.41, 5.74) is 1.70. The lowest BCUT2D eigenvalue weighted by Gasteiger charge is -2.37. The van der Waals surface area contributed by atoms with Gasteiger partial charge in [-0.15, -0.1) is 0 Å². The molecule has 0 unspecified atom stereocenters. The molecule has 0 aliphatic heterocycles. The van der Waals surface area contributed by atoms with Crippen LogP contribution in [0.4, 0.5) is 0 Å². The molecule has 1 aliphatic rings. The van der Waals surface area contributed by atoms with E-state index in [1.807, 2.05) is 0 Å². The van der Waals surface area contributed by atoms with Crippen LogP contribution in [0.3, 0.4) is 0 Å². The largest absolute Gasteiger partial charge is 0.429 e. The minimum Gasteiger partial charge on any atom is -0.429 e. The van der Waals surface area contributed by atoms with E-state index in [1.54, 1.807) is 30.1 Å².